The highest BCUT2D eigenvalue weighted by molar-refractivity contribution is 7.07. The molecular formula is C34H35N3O6S. The van der Waals surface area contributed by atoms with Crippen molar-refractivity contribution in [2.75, 3.05) is 18.1 Å². The molecule has 0 saturated carbocycles. The SMILES string of the molecule is C=CCOC(=O)C1=C(C)N=c2s/c(=C3\C(=O)N(CCCCCCC)c4ccccc43)c(=O)n2[C@@H]1c1ccc(OC(C)=O)cc1. The van der Waals surface area contributed by atoms with Crippen LogP contribution in [0.2, 0.25) is 0 Å². The summed E-state index contributed by atoms with van der Waals surface area (Å²) in [5.41, 5.74) is 2.60. The predicted molar refractivity (Wildman–Crippen MR) is 169 cm³/mol. The third-order valence-electron chi connectivity index (χ3n) is 7.64. The topological polar surface area (TPSA) is 107 Å². The Morgan fingerprint density at radius 3 is 2.48 bits per heavy atom. The highest BCUT2D eigenvalue weighted by Crippen LogP contribution is 2.36. The Morgan fingerprint density at radius 2 is 1.77 bits per heavy atom. The Kier molecular flexibility index (Phi) is 9.39. The summed E-state index contributed by atoms with van der Waals surface area (Å²) < 4.78 is 12.3. The zero-order valence-corrected chi connectivity index (χ0v) is 25.9. The van der Waals surface area contributed by atoms with Crippen LogP contribution in [0.1, 0.15) is 70.0 Å². The van der Waals surface area contributed by atoms with Gasteiger partial charge in [0.1, 0.15) is 16.9 Å². The Labute approximate surface area is 259 Å². The molecule has 228 valence electrons. The molecule has 9 nitrogen and oxygen atoms in total. The van der Waals surface area contributed by atoms with Crippen molar-refractivity contribution in [3.8, 4) is 5.75 Å². The number of esters is 2. The minimum Gasteiger partial charge on any atom is -0.458 e. The van der Waals surface area contributed by atoms with Crippen LogP contribution in [0.4, 0.5) is 5.69 Å². The maximum absolute atomic E-state index is 14.3. The average molecular weight is 614 g/mol. The summed E-state index contributed by atoms with van der Waals surface area (Å²) in [5.74, 6) is -0.978. The Morgan fingerprint density at radius 1 is 1.05 bits per heavy atom. The van der Waals surface area contributed by atoms with Crippen LogP contribution in [0.25, 0.3) is 5.57 Å². The number of hydrogen-bond donors (Lipinski definition) is 0. The fourth-order valence-corrected chi connectivity index (χ4v) is 6.78. The number of nitrogens with zero attached hydrogens (tertiary/aromatic N) is 3. The summed E-state index contributed by atoms with van der Waals surface area (Å²) in [5, 5.41) is 0. The molecule has 2 aromatic carbocycles. The lowest BCUT2D eigenvalue weighted by atomic mass is 9.96. The van der Waals surface area contributed by atoms with Crippen molar-refractivity contribution in [3.05, 3.63) is 103 Å². The lowest BCUT2D eigenvalue weighted by molar-refractivity contribution is -0.138. The van der Waals surface area contributed by atoms with E-state index in [-0.39, 0.29) is 22.6 Å². The highest BCUT2D eigenvalue weighted by Gasteiger charge is 2.37. The number of carbonyl (C=O) groups excluding carboxylic acids is 3. The largest absolute Gasteiger partial charge is 0.458 e. The Bertz CT molecular complexity index is 1830. The number of amides is 1. The first-order chi connectivity index (χ1) is 21.3. The van der Waals surface area contributed by atoms with E-state index in [1.807, 2.05) is 24.3 Å². The number of thiazole rings is 1. The van der Waals surface area contributed by atoms with E-state index in [1.54, 1.807) is 36.1 Å². The van der Waals surface area contributed by atoms with E-state index < -0.39 is 23.5 Å². The van der Waals surface area contributed by atoms with Crippen LogP contribution >= 0.6 is 11.3 Å². The molecule has 1 atom stereocenters. The summed E-state index contributed by atoms with van der Waals surface area (Å²) in [6.07, 6.45) is 6.77. The van der Waals surface area contributed by atoms with Gasteiger partial charge in [-0.3, -0.25) is 19.0 Å². The first-order valence-corrected chi connectivity index (χ1v) is 15.6. The lowest BCUT2D eigenvalue weighted by Crippen LogP contribution is -2.41. The molecule has 0 bridgehead atoms. The maximum Gasteiger partial charge on any atom is 0.338 e. The van der Waals surface area contributed by atoms with Crippen molar-refractivity contribution in [3.63, 3.8) is 0 Å². The van der Waals surface area contributed by atoms with Crippen molar-refractivity contribution in [1.29, 1.82) is 0 Å². The second-order valence-electron chi connectivity index (χ2n) is 10.7. The zero-order valence-electron chi connectivity index (χ0n) is 25.1. The second kappa shape index (κ2) is 13.4. The fraction of sp³-hybridized carbons (Fsp3) is 0.324. The molecule has 0 unspecified atom stereocenters. The molecule has 1 amide bonds. The molecule has 2 aliphatic rings. The number of carbonyl (C=O) groups is 3. The molecule has 0 spiro atoms. The van der Waals surface area contributed by atoms with E-state index in [2.05, 4.69) is 18.5 Å². The number of anilines is 1. The summed E-state index contributed by atoms with van der Waals surface area (Å²) in [4.78, 5) is 59.9. The maximum atomic E-state index is 14.3. The third-order valence-corrected chi connectivity index (χ3v) is 8.70. The van der Waals surface area contributed by atoms with Gasteiger partial charge in [0.15, 0.2) is 4.80 Å². The molecule has 2 aliphatic heterocycles. The number of hydrogen-bond acceptors (Lipinski definition) is 8. The summed E-state index contributed by atoms with van der Waals surface area (Å²) in [6, 6.07) is 13.2. The van der Waals surface area contributed by atoms with Crippen molar-refractivity contribution < 1.29 is 23.9 Å². The van der Waals surface area contributed by atoms with Gasteiger partial charge in [-0.1, -0.05) is 86.9 Å². The normalized spacial score (nSPS) is 16.8. The van der Waals surface area contributed by atoms with Crippen LogP contribution in [0.5, 0.6) is 5.75 Å². The van der Waals surface area contributed by atoms with Crippen LogP contribution < -0.4 is 24.5 Å². The van der Waals surface area contributed by atoms with Crippen molar-refractivity contribution >= 4 is 40.4 Å². The Hall–Kier alpha value is -4.57. The van der Waals surface area contributed by atoms with Crippen LogP contribution in [-0.2, 0) is 19.1 Å². The molecule has 0 radical (unpaired) electrons. The van der Waals surface area contributed by atoms with Crippen LogP contribution in [0.3, 0.4) is 0 Å². The number of ether oxygens (including phenoxy) is 2. The van der Waals surface area contributed by atoms with E-state index in [1.165, 1.54) is 17.6 Å². The second-order valence-corrected chi connectivity index (χ2v) is 11.7. The van der Waals surface area contributed by atoms with Gasteiger partial charge < -0.3 is 14.4 Å². The smallest absolute Gasteiger partial charge is 0.338 e. The van der Waals surface area contributed by atoms with E-state index >= 15 is 0 Å². The molecule has 3 aromatic rings. The van der Waals surface area contributed by atoms with Gasteiger partial charge in [0.2, 0.25) is 0 Å². The predicted octanol–water partition coefficient (Wildman–Crippen LogP) is 4.58. The van der Waals surface area contributed by atoms with Gasteiger partial charge in [0.25, 0.3) is 11.5 Å². The zero-order chi connectivity index (χ0) is 31.4. The number of allylic oxidation sites excluding steroid dienone is 1. The quantitative estimate of drug-likeness (QED) is 0.136. The molecule has 0 aliphatic carbocycles. The number of unbranched alkanes of at least 4 members (excludes halogenated alkanes) is 4. The molecule has 0 saturated heterocycles. The number of aromatic nitrogens is 1. The monoisotopic (exact) mass is 613 g/mol. The molecule has 0 fully saturated rings. The summed E-state index contributed by atoms with van der Waals surface area (Å²) >= 11 is 1.14. The van der Waals surface area contributed by atoms with Gasteiger partial charge in [0.05, 0.1) is 28.6 Å². The van der Waals surface area contributed by atoms with E-state index in [0.29, 0.717) is 39.5 Å². The summed E-state index contributed by atoms with van der Waals surface area (Å²) in [7, 11) is 0. The fourth-order valence-electron chi connectivity index (χ4n) is 5.64. The highest BCUT2D eigenvalue weighted by atomic mass is 32.1. The number of rotatable bonds is 11. The van der Waals surface area contributed by atoms with Crippen LogP contribution in [0.15, 0.2) is 82.2 Å². The molecule has 5 rings (SSSR count). The van der Waals surface area contributed by atoms with Gasteiger partial charge in [0, 0.05) is 19.0 Å². The molecule has 3 heterocycles. The first kappa shape index (κ1) is 30.9. The summed E-state index contributed by atoms with van der Waals surface area (Å²) in [6.45, 7) is 9.34. The molecule has 44 heavy (non-hydrogen) atoms. The average Bonchev–Trinajstić information content (AvgIpc) is 3.47. The van der Waals surface area contributed by atoms with Crippen molar-refractivity contribution in [2.45, 2.75) is 58.9 Å². The van der Waals surface area contributed by atoms with Gasteiger partial charge in [-0.2, -0.15) is 0 Å². The number of benzene rings is 2. The molecular weight excluding hydrogens is 578 g/mol. The minimum atomic E-state index is -0.884. The van der Waals surface area contributed by atoms with Gasteiger partial charge in [-0.05, 0) is 37.1 Å². The first-order valence-electron chi connectivity index (χ1n) is 14.8. The molecule has 0 N–H and O–H groups in total. The number of para-hydroxylation sites is 1. The van der Waals surface area contributed by atoms with Gasteiger partial charge in [-0.15, -0.1) is 0 Å². The van der Waals surface area contributed by atoms with Crippen LogP contribution in [0, 0.1) is 0 Å². The van der Waals surface area contributed by atoms with Crippen LogP contribution in [-0.4, -0.2) is 35.6 Å². The molecule has 10 heteroatoms. The minimum absolute atomic E-state index is 0.0120. The standard InChI is InChI=1S/C34H35N3O6S/c1-5-7-8-9-12-19-36-26-14-11-10-13-25(26)28(31(36)39)30-32(40)37-29(23-15-17-24(18-16-23)43-22(4)38)27(33(41)42-20-6-2)21(3)35-34(37)44-30/h6,10-11,13-18,29H,2,5,7-9,12,19-20H2,1,3-4H3/b30-28-/t29-/m1/s1. The van der Waals surface area contributed by atoms with E-state index in [4.69, 9.17) is 9.47 Å². The van der Waals surface area contributed by atoms with Crippen molar-refractivity contribution in [2.24, 2.45) is 4.99 Å². The van der Waals surface area contributed by atoms with E-state index in [0.717, 1.165) is 49.1 Å². The van der Waals surface area contributed by atoms with Gasteiger partial charge >= 0.3 is 11.9 Å². The van der Waals surface area contributed by atoms with E-state index in [9.17, 15) is 19.2 Å². The van der Waals surface area contributed by atoms with Crippen molar-refractivity contribution in [1.82, 2.24) is 4.57 Å². The third kappa shape index (κ3) is 5.94. The van der Waals surface area contributed by atoms with Gasteiger partial charge in [-0.25, -0.2) is 9.79 Å². The Balaban J connectivity index is 1.65. The molecule has 1 aromatic heterocycles. The number of fused-ring (bicyclic) bond motifs is 2. The lowest BCUT2D eigenvalue weighted by Gasteiger charge is -2.24.